The summed E-state index contributed by atoms with van der Waals surface area (Å²) in [7, 11) is 0. The minimum atomic E-state index is -0.368. The highest BCUT2D eigenvalue weighted by atomic mass is 16.6. The van der Waals surface area contributed by atoms with Crippen molar-refractivity contribution in [2.75, 3.05) is 0 Å². The molecule has 0 aliphatic heterocycles. The Morgan fingerprint density at radius 1 is 1.29 bits per heavy atom. The Bertz CT molecular complexity index is 470. The molecular formula is C15H18O2. The van der Waals surface area contributed by atoms with Crippen LogP contribution in [0.3, 0.4) is 0 Å². The van der Waals surface area contributed by atoms with Gasteiger partial charge in [-0.15, -0.1) is 0 Å². The molecule has 3 rings (SSSR count). The van der Waals surface area contributed by atoms with Gasteiger partial charge >= 0.3 is 5.97 Å². The molecule has 2 aliphatic rings. The zero-order chi connectivity index (χ0) is 12.2. The summed E-state index contributed by atoms with van der Waals surface area (Å²) in [5.74, 6) is 1.04. The van der Waals surface area contributed by atoms with Crippen LogP contribution in [0, 0.1) is 11.8 Å². The highest BCUT2D eigenvalue weighted by Crippen LogP contribution is 2.61. The number of hydrogen-bond acceptors (Lipinski definition) is 2. The second kappa shape index (κ2) is 3.34. The van der Waals surface area contributed by atoms with Gasteiger partial charge in [-0.3, -0.25) is 4.79 Å². The van der Waals surface area contributed by atoms with E-state index in [0.29, 0.717) is 11.8 Å². The summed E-state index contributed by atoms with van der Waals surface area (Å²) in [5, 5.41) is 0. The number of esters is 1. The Balaban J connectivity index is 1.75. The molecule has 2 heteroatoms. The molecule has 2 nitrogen and oxygen atoms in total. The lowest BCUT2D eigenvalue weighted by Gasteiger charge is -2.20. The second-order valence-electron chi connectivity index (χ2n) is 6.15. The Labute approximate surface area is 102 Å². The topological polar surface area (TPSA) is 26.3 Å². The maximum absolute atomic E-state index is 12.0. The van der Waals surface area contributed by atoms with Gasteiger partial charge in [-0.1, -0.05) is 24.3 Å². The molecule has 1 fully saturated rings. The molecule has 0 heterocycles. The molecule has 17 heavy (non-hydrogen) atoms. The maximum Gasteiger partial charge on any atom is 0.310 e. The lowest BCUT2D eigenvalue weighted by atomic mass is 10.0. The van der Waals surface area contributed by atoms with Crippen LogP contribution in [0.25, 0.3) is 0 Å². The average Bonchev–Trinajstić information content (AvgIpc) is 2.80. The van der Waals surface area contributed by atoms with Crippen LogP contribution in [-0.2, 0) is 16.0 Å². The molecule has 1 aromatic carbocycles. The zero-order valence-corrected chi connectivity index (χ0v) is 10.6. The van der Waals surface area contributed by atoms with Gasteiger partial charge in [0.05, 0.1) is 5.92 Å². The molecule has 0 unspecified atom stereocenters. The first-order valence-electron chi connectivity index (χ1n) is 6.28. The summed E-state index contributed by atoms with van der Waals surface area (Å²) >= 11 is 0. The third kappa shape index (κ3) is 1.76. The van der Waals surface area contributed by atoms with Gasteiger partial charge in [0, 0.05) is 5.92 Å². The van der Waals surface area contributed by atoms with Gasteiger partial charge in [0.25, 0.3) is 0 Å². The van der Waals surface area contributed by atoms with Gasteiger partial charge in [-0.2, -0.15) is 0 Å². The van der Waals surface area contributed by atoms with Crippen molar-refractivity contribution < 1.29 is 9.53 Å². The molecule has 1 aromatic rings. The van der Waals surface area contributed by atoms with E-state index in [4.69, 9.17) is 4.74 Å². The fourth-order valence-corrected chi connectivity index (χ4v) is 3.04. The predicted molar refractivity (Wildman–Crippen MR) is 65.7 cm³/mol. The molecule has 1 saturated carbocycles. The van der Waals surface area contributed by atoms with E-state index in [-0.39, 0.29) is 17.5 Å². The minimum absolute atomic E-state index is 0.0120. The Hall–Kier alpha value is -1.31. The number of carbonyl (C=O) groups excluding carboxylic acids is 1. The highest BCUT2D eigenvalue weighted by Gasteiger charge is 2.60. The maximum atomic E-state index is 12.0. The van der Waals surface area contributed by atoms with Crippen LogP contribution in [0.5, 0.6) is 0 Å². The Morgan fingerprint density at radius 2 is 2.00 bits per heavy atom. The first kappa shape index (κ1) is 10.8. The van der Waals surface area contributed by atoms with Crippen molar-refractivity contribution >= 4 is 5.97 Å². The van der Waals surface area contributed by atoms with Crippen LogP contribution in [0.1, 0.15) is 37.8 Å². The van der Waals surface area contributed by atoms with Crippen molar-refractivity contribution in [2.45, 2.75) is 38.7 Å². The van der Waals surface area contributed by atoms with Crippen molar-refractivity contribution in [3.05, 3.63) is 35.4 Å². The van der Waals surface area contributed by atoms with Crippen molar-refractivity contribution in [2.24, 2.45) is 11.8 Å². The van der Waals surface area contributed by atoms with Crippen LogP contribution in [-0.4, -0.2) is 11.6 Å². The van der Waals surface area contributed by atoms with Gasteiger partial charge in [0.1, 0.15) is 5.60 Å². The van der Waals surface area contributed by atoms with Gasteiger partial charge in [0.2, 0.25) is 0 Å². The van der Waals surface area contributed by atoms with Crippen molar-refractivity contribution in [1.82, 2.24) is 0 Å². The number of hydrogen-bond donors (Lipinski definition) is 0. The summed E-state index contributed by atoms with van der Waals surface area (Å²) in [6.45, 7) is 5.78. The quantitative estimate of drug-likeness (QED) is 0.693. The van der Waals surface area contributed by atoms with E-state index >= 15 is 0 Å². The third-order valence-corrected chi connectivity index (χ3v) is 3.72. The van der Waals surface area contributed by atoms with Crippen LogP contribution < -0.4 is 0 Å². The van der Waals surface area contributed by atoms with E-state index in [1.807, 2.05) is 20.8 Å². The standard InChI is InChI=1S/C15H18O2/c1-15(2,3)17-14(16)13-11-8-9-6-4-5-7-10(9)12(11)13/h4-7,11-13H,8H2,1-3H3/t11-,12+,13+/m0/s1. The first-order valence-corrected chi connectivity index (χ1v) is 6.28. The summed E-state index contributed by atoms with van der Waals surface area (Å²) in [6.07, 6.45) is 1.05. The number of ether oxygens (including phenoxy) is 1. The summed E-state index contributed by atoms with van der Waals surface area (Å²) in [4.78, 5) is 12.0. The molecule has 0 N–H and O–H groups in total. The van der Waals surface area contributed by atoms with E-state index in [9.17, 15) is 4.79 Å². The zero-order valence-electron chi connectivity index (χ0n) is 10.6. The fourth-order valence-electron chi connectivity index (χ4n) is 3.04. The van der Waals surface area contributed by atoms with Gasteiger partial charge in [-0.25, -0.2) is 0 Å². The monoisotopic (exact) mass is 230 g/mol. The molecule has 0 aromatic heterocycles. The number of rotatable bonds is 1. The van der Waals surface area contributed by atoms with Crippen LogP contribution in [0.4, 0.5) is 0 Å². The summed E-state index contributed by atoms with van der Waals surface area (Å²) in [5.41, 5.74) is 2.42. The normalized spacial score (nSPS) is 29.5. The number of benzene rings is 1. The van der Waals surface area contributed by atoms with Crippen molar-refractivity contribution in [1.29, 1.82) is 0 Å². The van der Waals surface area contributed by atoms with E-state index < -0.39 is 0 Å². The minimum Gasteiger partial charge on any atom is -0.460 e. The first-order chi connectivity index (χ1) is 7.97. The Morgan fingerprint density at radius 3 is 2.71 bits per heavy atom. The Kier molecular flexibility index (Phi) is 2.13. The fraction of sp³-hybridized carbons (Fsp3) is 0.533. The molecule has 0 amide bonds. The van der Waals surface area contributed by atoms with Gasteiger partial charge in [-0.05, 0) is 44.2 Å². The second-order valence-corrected chi connectivity index (χ2v) is 6.15. The SMILES string of the molecule is CC(C)(C)OC(=O)[C@@H]1[C@H]2Cc3ccccc3[C@H]21. The van der Waals surface area contributed by atoms with Gasteiger partial charge in [0.15, 0.2) is 0 Å². The number of carbonyl (C=O) groups is 1. The molecule has 3 atom stereocenters. The summed E-state index contributed by atoms with van der Waals surface area (Å²) in [6, 6.07) is 8.47. The lowest BCUT2D eigenvalue weighted by Crippen LogP contribution is -2.26. The molecule has 0 bridgehead atoms. The van der Waals surface area contributed by atoms with Crippen LogP contribution >= 0.6 is 0 Å². The lowest BCUT2D eigenvalue weighted by molar-refractivity contribution is -0.157. The largest absolute Gasteiger partial charge is 0.460 e. The smallest absolute Gasteiger partial charge is 0.310 e. The molecule has 2 aliphatic carbocycles. The highest BCUT2D eigenvalue weighted by molar-refractivity contribution is 5.80. The van der Waals surface area contributed by atoms with Crippen molar-refractivity contribution in [3.63, 3.8) is 0 Å². The van der Waals surface area contributed by atoms with Crippen LogP contribution in [0.2, 0.25) is 0 Å². The average molecular weight is 230 g/mol. The predicted octanol–water partition coefficient (Wildman–Crippen LogP) is 2.91. The molecular weight excluding hydrogens is 212 g/mol. The summed E-state index contributed by atoms with van der Waals surface area (Å²) < 4.78 is 5.47. The molecule has 0 spiro atoms. The van der Waals surface area contributed by atoms with Crippen LogP contribution in [0.15, 0.2) is 24.3 Å². The van der Waals surface area contributed by atoms with E-state index in [0.717, 1.165) is 6.42 Å². The van der Waals surface area contributed by atoms with Crippen molar-refractivity contribution in [3.8, 4) is 0 Å². The van der Waals surface area contributed by atoms with E-state index in [1.54, 1.807) is 0 Å². The van der Waals surface area contributed by atoms with Gasteiger partial charge < -0.3 is 4.74 Å². The third-order valence-electron chi connectivity index (χ3n) is 3.72. The molecule has 0 saturated heterocycles. The number of fused-ring (bicyclic) bond motifs is 3. The van der Waals surface area contributed by atoms with E-state index in [1.165, 1.54) is 11.1 Å². The van der Waals surface area contributed by atoms with E-state index in [2.05, 4.69) is 24.3 Å². The molecule has 0 radical (unpaired) electrons. The molecule has 90 valence electrons.